The number of aliphatic hydroxyl groups excluding tert-OH is 1. The van der Waals surface area contributed by atoms with Gasteiger partial charge in [0.2, 0.25) is 41.4 Å². The summed E-state index contributed by atoms with van der Waals surface area (Å²) in [6, 6.07) is 6.75. The van der Waals surface area contributed by atoms with Gasteiger partial charge in [-0.25, -0.2) is 4.79 Å². The van der Waals surface area contributed by atoms with Crippen LogP contribution in [0.25, 0.3) is 0 Å². The summed E-state index contributed by atoms with van der Waals surface area (Å²) in [7, 11) is 1.34. The highest BCUT2D eigenvalue weighted by Gasteiger charge is 2.42. The van der Waals surface area contributed by atoms with Gasteiger partial charge in [0, 0.05) is 19.5 Å². The molecule has 12 atom stereocenters. The number of hydrogen-bond acceptors (Lipinski definition) is 14. The Morgan fingerprint density at radius 3 is 2.03 bits per heavy atom. The standard InChI is InChI=1S/C51H70ClN7O14/c1-11-28(6)39-46(66)57-41-33-17-19-34(20-18-33)72-31(9)51(70,25-52)22-21-36(60)53-24-37(61)73-48(50(69)71-30(8)40(47(67)55-39)56-43(63)29(7)42(62)27(4)5)58-45(65)38(26(2)3)54-44(64)35(59(10)49(41)68)23-32-15-13-12-14-16-32/h12-22,26-31,35,38-42,48,62,70H,11,23-25H2,1-10H3,(H,53,60)(H,54,64)(H,55,67)(H,56,63)(H,57,66)(H,58,65)/b22-21-/t28-,29+,30+,31+,35+,38+,39+,40-,41-,42+,48-,51-/m0/s1. The molecule has 0 saturated carbocycles. The highest BCUT2D eigenvalue weighted by Crippen LogP contribution is 2.27. The minimum absolute atomic E-state index is 0.105. The molecule has 1 fully saturated rings. The fraction of sp³-hybridized carbons (Fsp3) is 0.549. The van der Waals surface area contributed by atoms with E-state index in [1.807, 2.05) is 0 Å². The minimum atomic E-state index is -2.34. The van der Waals surface area contributed by atoms with Crippen LogP contribution in [0.4, 0.5) is 0 Å². The number of likely N-dealkylation sites (N-methyl/N-ethyl adjacent to an activating group) is 1. The minimum Gasteiger partial charge on any atom is -0.487 e. The zero-order valence-corrected chi connectivity index (χ0v) is 43.6. The number of hydrogen-bond donors (Lipinski definition) is 8. The summed E-state index contributed by atoms with van der Waals surface area (Å²) < 4.78 is 17.1. The van der Waals surface area contributed by atoms with E-state index in [1.165, 1.54) is 52.1 Å². The number of benzene rings is 2. The van der Waals surface area contributed by atoms with Gasteiger partial charge in [-0.15, -0.1) is 11.6 Å². The van der Waals surface area contributed by atoms with Crippen LogP contribution >= 0.6 is 11.6 Å². The van der Waals surface area contributed by atoms with Crippen LogP contribution < -0.4 is 36.6 Å². The first-order chi connectivity index (χ1) is 34.3. The molecule has 7 amide bonds. The van der Waals surface area contributed by atoms with Crippen molar-refractivity contribution in [2.24, 2.45) is 23.7 Å². The van der Waals surface area contributed by atoms with E-state index in [-0.39, 0.29) is 24.2 Å². The largest absolute Gasteiger partial charge is 0.487 e. The molecule has 3 heterocycles. The second kappa shape index (κ2) is 26.4. The fourth-order valence-electron chi connectivity index (χ4n) is 7.88. The van der Waals surface area contributed by atoms with E-state index in [0.29, 0.717) is 5.56 Å². The summed E-state index contributed by atoms with van der Waals surface area (Å²) in [5.41, 5.74) is -1.21. The lowest BCUT2D eigenvalue weighted by Gasteiger charge is -2.34. The van der Waals surface area contributed by atoms with Crippen molar-refractivity contribution in [1.82, 2.24) is 36.8 Å². The van der Waals surface area contributed by atoms with Crippen LogP contribution in [0.3, 0.4) is 0 Å². The van der Waals surface area contributed by atoms with Crippen molar-refractivity contribution in [2.45, 2.75) is 136 Å². The SMILES string of the molecule is CC[C@H](C)[C@H]1NC(=O)[C@@H](NC(=O)[C@H](C)[C@H](O)C(C)C)[C@@H](C)OC(=O)[C@H]2NC(=O)[C@@H](C(C)C)NC(=O)[C@@H](Cc3ccccc3)N(C)C(=O)[C@@H](NC1=O)c1ccc(cc1)O[C@H](C)[C@@](O)(CCl)/C=C\C(=O)NCC(=O)O2. The average molecular weight is 1040 g/mol. The molecule has 0 spiro atoms. The molecule has 21 nitrogen and oxygen atoms in total. The van der Waals surface area contributed by atoms with Gasteiger partial charge in [0.15, 0.2) is 0 Å². The van der Waals surface area contributed by atoms with Gasteiger partial charge in [-0.2, -0.15) is 0 Å². The maximum atomic E-state index is 15.2. The van der Waals surface area contributed by atoms with Gasteiger partial charge in [0.1, 0.15) is 60.3 Å². The average Bonchev–Trinajstić information content (AvgIpc) is 3.36. The van der Waals surface area contributed by atoms with Gasteiger partial charge in [-0.3, -0.25) is 38.4 Å². The van der Waals surface area contributed by atoms with Gasteiger partial charge >= 0.3 is 11.9 Å². The van der Waals surface area contributed by atoms with Crippen LogP contribution in [0, 0.1) is 23.7 Å². The topological polar surface area (TPSA) is 297 Å². The molecule has 0 aromatic heterocycles. The lowest BCUT2D eigenvalue weighted by atomic mass is 9.93. The van der Waals surface area contributed by atoms with E-state index in [2.05, 4.69) is 31.9 Å². The Labute approximate surface area is 430 Å². The number of cyclic esters (lactones) is 1. The molecule has 0 aliphatic carbocycles. The Morgan fingerprint density at radius 1 is 0.822 bits per heavy atom. The summed E-state index contributed by atoms with van der Waals surface area (Å²) >= 11 is 6.18. The fourth-order valence-corrected chi connectivity index (χ4v) is 8.18. The number of alkyl halides is 1. The van der Waals surface area contributed by atoms with Gasteiger partial charge < -0.3 is 61.2 Å². The zero-order valence-electron chi connectivity index (χ0n) is 42.8. The van der Waals surface area contributed by atoms with E-state index in [9.17, 15) is 48.6 Å². The number of nitrogens with one attached hydrogen (secondary N) is 6. The second-order valence-corrected chi connectivity index (χ2v) is 19.5. The van der Waals surface area contributed by atoms with Crippen LogP contribution in [0.2, 0.25) is 0 Å². The lowest BCUT2D eigenvalue weighted by Crippen LogP contribution is -2.61. The molecular weight excluding hydrogens is 970 g/mol. The van der Waals surface area contributed by atoms with Crippen molar-refractivity contribution < 1.29 is 67.6 Å². The lowest BCUT2D eigenvalue weighted by molar-refractivity contribution is -0.176. The number of halogens is 1. The van der Waals surface area contributed by atoms with Crippen LogP contribution in [0.5, 0.6) is 5.75 Å². The molecule has 5 rings (SSSR count). The number of rotatable bonds is 10. The summed E-state index contributed by atoms with van der Waals surface area (Å²) in [6.45, 7) is 13.1. The van der Waals surface area contributed by atoms with Crippen LogP contribution in [-0.4, -0.2) is 142 Å². The van der Waals surface area contributed by atoms with Crippen LogP contribution in [-0.2, 0) is 59.0 Å². The predicted octanol–water partition coefficient (Wildman–Crippen LogP) is 1.08. The Morgan fingerprint density at radius 2 is 1.44 bits per heavy atom. The van der Waals surface area contributed by atoms with E-state index < -0.39 is 150 Å². The van der Waals surface area contributed by atoms with E-state index in [1.54, 1.807) is 71.9 Å². The van der Waals surface area contributed by atoms with Crippen molar-refractivity contribution in [3.8, 4) is 5.75 Å². The quantitative estimate of drug-likeness (QED) is 0.122. The van der Waals surface area contributed by atoms with Gasteiger partial charge in [-0.1, -0.05) is 97.4 Å². The molecule has 3 aliphatic heterocycles. The highest BCUT2D eigenvalue weighted by atomic mass is 35.5. The number of amides is 7. The van der Waals surface area contributed by atoms with E-state index in [4.69, 9.17) is 25.8 Å². The van der Waals surface area contributed by atoms with Crippen molar-refractivity contribution in [3.63, 3.8) is 0 Å². The summed E-state index contributed by atoms with van der Waals surface area (Å²) in [6.07, 6.45) is -4.22. The molecule has 2 aromatic carbocycles. The van der Waals surface area contributed by atoms with Crippen molar-refractivity contribution in [1.29, 1.82) is 0 Å². The van der Waals surface area contributed by atoms with E-state index >= 15 is 4.79 Å². The number of esters is 2. The monoisotopic (exact) mass is 1040 g/mol. The van der Waals surface area contributed by atoms with Gasteiger partial charge in [0.25, 0.3) is 6.23 Å². The van der Waals surface area contributed by atoms with Crippen molar-refractivity contribution in [2.75, 3.05) is 19.5 Å². The third-order valence-corrected chi connectivity index (χ3v) is 13.5. The number of carbonyl (C=O) groups excluding carboxylic acids is 9. The molecule has 0 radical (unpaired) electrons. The third kappa shape index (κ3) is 15.7. The van der Waals surface area contributed by atoms with Gasteiger partial charge in [0.05, 0.1) is 17.9 Å². The first kappa shape index (κ1) is 59.0. The number of nitrogens with zero attached hydrogens (tertiary/aromatic N) is 1. The molecule has 400 valence electrons. The highest BCUT2D eigenvalue weighted by molar-refractivity contribution is 6.18. The first-order valence-corrected chi connectivity index (χ1v) is 24.8. The smallest absolute Gasteiger partial charge is 0.369 e. The third-order valence-electron chi connectivity index (χ3n) is 13.0. The number of carbonyl (C=O) groups is 9. The molecule has 22 heteroatoms. The first-order valence-electron chi connectivity index (χ1n) is 24.2. The maximum Gasteiger partial charge on any atom is 0.369 e. The molecule has 4 bridgehead atoms. The molecule has 0 unspecified atom stereocenters. The molecule has 73 heavy (non-hydrogen) atoms. The maximum absolute atomic E-state index is 15.2. The molecule has 3 aliphatic rings. The molecule has 2 aromatic rings. The zero-order chi connectivity index (χ0) is 54.5. The van der Waals surface area contributed by atoms with Crippen LogP contribution in [0.15, 0.2) is 66.7 Å². The number of aliphatic hydroxyl groups is 2. The molecular formula is C51H70ClN7O14. The Bertz CT molecular complexity index is 2340. The Balaban J connectivity index is 2.04. The normalized spacial score (nSPS) is 28.2. The second-order valence-electron chi connectivity index (χ2n) is 19.2. The molecule has 8 N–H and O–H groups in total. The van der Waals surface area contributed by atoms with E-state index in [0.717, 1.165) is 17.1 Å². The Hall–Kier alpha value is -6.58. The number of ether oxygens (including phenoxy) is 3. The Kier molecular flexibility index (Phi) is 21.3. The molecule has 1 saturated heterocycles. The van der Waals surface area contributed by atoms with Gasteiger partial charge in [-0.05, 0) is 60.9 Å². The number of fused-ring (bicyclic) bond motifs is 10. The summed E-state index contributed by atoms with van der Waals surface area (Å²) in [5.74, 6) is -12.5. The summed E-state index contributed by atoms with van der Waals surface area (Å²) in [4.78, 5) is 129. The van der Waals surface area contributed by atoms with Crippen molar-refractivity contribution in [3.05, 3.63) is 77.9 Å². The van der Waals surface area contributed by atoms with Crippen LogP contribution in [0.1, 0.15) is 85.9 Å². The summed E-state index contributed by atoms with van der Waals surface area (Å²) in [5, 5.41) is 37.5. The predicted molar refractivity (Wildman–Crippen MR) is 266 cm³/mol. The van der Waals surface area contributed by atoms with Crippen molar-refractivity contribution >= 4 is 64.9 Å².